The van der Waals surface area contributed by atoms with E-state index in [-0.39, 0.29) is 23.1 Å². The fourth-order valence-corrected chi connectivity index (χ4v) is 6.27. The number of benzene rings is 3. The lowest BCUT2D eigenvalue weighted by Gasteiger charge is -2.32. The van der Waals surface area contributed by atoms with Crippen LogP contribution in [0.3, 0.4) is 0 Å². The van der Waals surface area contributed by atoms with Crippen LogP contribution in [0.25, 0.3) is 0 Å². The molecule has 0 saturated heterocycles. The lowest BCUT2D eigenvalue weighted by Crippen LogP contribution is -2.51. The van der Waals surface area contributed by atoms with Gasteiger partial charge in [0.25, 0.3) is 10.0 Å². The molecular weight excluding hydrogens is 590 g/mol. The second-order valence-corrected chi connectivity index (χ2v) is 12.6. The summed E-state index contributed by atoms with van der Waals surface area (Å²) in [5, 5.41) is 3.31. The Morgan fingerprint density at radius 3 is 2.21 bits per heavy atom. The van der Waals surface area contributed by atoms with E-state index in [1.807, 2.05) is 26.8 Å². The van der Waals surface area contributed by atoms with Crippen LogP contribution in [0.4, 0.5) is 5.69 Å². The van der Waals surface area contributed by atoms with Crippen LogP contribution >= 0.6 is 11.6 Å². The fraction of sp³-hybridized carbons (Fsp3) is 0.375. The highest BCUT2D eigenvalue weighted by molar-refractivity contribution is 7.92. The lowest BCUT2D eigenvalue weighted by atomic mass is 10.1. The molecule has 1 unspecified atom stereocenters. The van der Waals surface area contributed by atoms with Gasteiger partial charge in [-0.3, -0.25) is 13.9 Å². The van der Waals surface area contributed by atoms with E-state index >= 15 is 0 Å². The van der Waals surface area contributed by atoms with Gasteiger partial charge in [0.2, 0.25) is 11.8 Å². The Kier molecular flexibility index (Phi) is 11.9. The van der Waals surface area contributed by atoms with Crippen molar-refractivity contribution in [3.05, 3.63) is 82.4 Å². The standard InChI is InChI=1S/C32H40ClN3O6S/c1-7-8-15-34-32(38)24(4)35(20-25-11-9-10-12-28(25)33)31(37)21-36(26-17-22(2)16-23(3)18-26)43(39,40)27-13-14-29(41-5)30(19-27)42-6/h9-14,16-19,24H,7-8,15,20-21H2,1-6H3,(H,34,38). The van der Waals surface area contributed by atoms with Crippen molar-refractivity contribution in [3.63, 3.8) is 0 Å². The van der Waals surface area contributed by atoms with Crippen molar-refractivity contribution >= 4 is 39.1 Å². The van der Waals surface area contributed by atoms with E-state index < -0.39 is 28.5 Å². The van der Waals surface area contributed by atoms with E-state index in [2.05, 4.69) is 5.32 Å². The molecule has 0 aliphatic rings. The molecule has 0 saturated carbocycles. The predicted octanol–water partition coefficient (Wildman–Crippen LogP) is 5.50. The second-order valence-electron chi connectivity index (χ2n) is 10.3. The number of unbranched alkanes of at least 4 members (excludes halogenated alkanes) is 1. The SMILES string of the molecule is CCCCNC(=O)C(C)N(Cc1ccccc1Cl)C(=O)CN(c1cc(C)cc(C)c1)S(=O)(=O)c1ccc(OC)c(OC)c1. The normalized spacial score (nSPS) is 11.9. The minimum Gasteiger partial charge on any atom is -0.493 e. The number of rotatable bonds is 14. The number of amides is 2. The number of nitrogens with zero attached hydrogens (tertiary/aromatic N) is 2. The van der Waals surface area contributed by atoms with Crippen LogP contribution in [0.2, 0.25) is 5.02 Å². The van der Waals surface area contributed by atoms with Crippen molar-refractivity contribution < 1.29 is 27.5 Å². The van der Waals surface area contributed by atoms with Crippen molar-refractivity contribution in [2.75, 3.05) is 31.6 Å². The van der Waals surface area contributed by atoms with Gasteiger partial charge in [-0.1, -0.05) is 49.2 Å². The zero-order chi connectivity index (χ0) is 31.7. The quantitative estimate of drug-likeness (QED) is 0.236. The van der Waals surface area contributed by atoms with Crippen LogP contribution in [0.5, 0.6) is 11.5 Å². The molecule has 0 heterocycles. The minimum atomic E-state index is -4.29. The number of anilines is 1. The van der Waals surface area contributed by atoms with Gasteiger partial charge in [-0.15, -0.1) is 0 Å². The Morgan fingerprint density at radius 2 is 1.60 bits per heavy atom. The molecule has 2 amide bonds. The number of hydrogen-bond donors (Lipinski definition) is 1. The van der Waals surface area contributed by atoms with Crippen LogP contribution < -0.4 is 19.1 Å². The zero-order valence-corrected chi connectivity index (χ0v) is 27.1. The smallest absolute Gasteiger partial charge is 0.264 e. The van der Waals surface area contributed by atoms with Gasteiger partial charge in [0, 0.05) is 24.2 Å². The first-order valence-corrected chi connectivity index (χ1v) is 15.9. The number of carbonyl (C=O) groups is 2. The van der Waals surface area contributed by atoms with E-state index in [1.165, 1.54) is 37.3 Å². The molecule has 3 rings (SSSR count). The average Bonchev–Trinajstić information content (AvgIpc) is 2.98. The van der Waals surface area contributed by atoms with Crippen molar-refractivity contribution in [3.8, 4) is 11.5 Å². The molecule has 0 aliphatic heterocycles. The summed E-state index contributed by atoms with van der Waals surface area (Å²) >= 11 is 6.44. The van der Waals surface area contributed by atoms with E-state index in [0.717, 1.165) is 28.3 Å². The first kappa shape index (κ1) is 33.7. The van der Waals surface area contributed by atoms with Gasteiger partial charge < -0.3 is 19.7 Å². The highest BCUT2D eigenvalue weighted by atomic mass is 35.5. The topological polar surface area (TPSA) is 105 Å². The fourth-order valence-electron chi connectivity index (χ4n) is 4.66. The van der Waals surface area contributed by atoms with Gasteiger partial charge in [0.1, 0.15) is 12.6 Å². The maximum Gasteiger partial charge on any atom is 0.264 e. The lowest BCUT2D eigenvalue weighted by molar-refractivity contribution is -0.139. The molecule has 0 aliphatic carbocycles. The van der Waals surface area contributed by atoms with Gasteiger partial charge in [-0.05, 0) is 74.2 Å². The van der Waals surface area contributed by atoms with E-state index in [0.29, 0.717) is 28.6 Å². The molecule has 1 atom stereocenters. The maximum atomic E-state index is 14.2. The van der Waals surface area contributed by atoms with Crippen molar-refractivity contribution in [1.82, 2.24) is 10.2 Å². The molecule has 0 radical (unpaired) electrons. The Hall–Kier alpha value is -3.76. The van der Waals surface area contributed by atoms with E-state index in [1.54, 1.807) is 43.3 Å². The largest absolute Gasteiger partial charge is 0.493 e. The molecule has 1 N–H and O–H groups in total. The molecular formula is C32H40ClN3O6S. The second kappa shape index (κ2) is 15.1. The van der Waals surface area contributed by atoms with Crippen molar-refractivity contribution in [2.45, 2.75) is 58.0 Å². The van der Waals surface area contributed by atoms with Gasteiger partial charge in [0.05, 0.1) is 24.8 Å². The summed E-state index contributed by atoms with van der Waals surface area (Å²) in [5.41, 5.74) is 2.60. The number of halogens is 1. The van der Waals surface area contributed by atoms with Gasteiger partial charge in [0.15, 0.2) is 11.5 Å². The van der Waals surface area contributed by atoms with E-state index in [9.17, 15) is 18.0 Å². The summed E-state index contributed by atoms with van der Waals surface area (Å²) < 4.78 is 40.2. The molecule has 11 heteroatoms. The number of hydrogen-bond acceptors (Lipinski definition) is 6. The number of sulfonamides is 1. The first-order chi connectivity index (χ1) is 20.4. The van der Waals surface area contributed by atoms with Crippen LogP contribution in [0.1, 0.15) is 43.4 Å². The molecule has 0 bridgehead atoms. The monoisotopic (exact) mass is 629 g/mol. The van der Waals surface area contributed by atoms with Gasteiger partial charge >= 0.3 is 0 Å². The summed E-state index contributed by atoms with van der Waals surface area (Å²) in [6.07, 6.45) is 1.69. The van der Waals surface area contributed by atoms with Crippen LogP contribution in [-0.4, -0.2) is 58.5 Å². The highest BCUT2D eigenvalue weighted by Gasteiger charge is 2.33. The third-order valence-corrected chi connectivity index (χ3v) is 9.15. The average molecular weight is 630 g/mol. The summed E-state index contributed by atoms with van der Waals surface area (Å²) in [6, 6.07) is 15.7. The predicted molar refractivity (Wildman–Crippen MR) is 169 cm³/mol. The van der Waals surface area contributed by atoms with Gasteiger partial charge in [-0.2, -0.15) is 0 Å². The van der Waals surface area contributed by atoms with Gasteiger partial charge in [-0.25, -0.2) is 8.42 Å². The summed E-state index contributed by atoms with van der Waals surface area (Å²) in [6.45, 7) is 7.27. The zero-order valence-electron chi connectivity index (χ0n) is 25.5. The Morgan fingerprint density at radius 1 is 0.953 bits per heavy atom. The third-order valence-electron chi connectivity index (χ3n) is 7.01. The molecule has 232 valence electrons. The molecule has 0 spiro atoms. The third kappa shape index (κ3) is 8.42. The van der Waals surface area contributed by atoms with Crippen LogP contribution in [0, 0.1) is 13.8 Å². The Balaban J connectivity index is 2.09. The number of ether oxygens (including phenoxy) is 2. The number of nitrogens with one attached hydrogen (secondary N) is 1. The molecule has 3 aromatic carbocycles. The van der Waals surface area contributed by atoms with Crippen LogP contribution in [0.15, 0.2) is 65.6 Å². The summed E-state index contributed by atoms with van der Waals surface area (Å²) in [7, 11) is -1.42. The summed E-state index contributed by atoms with van der Waals surface area (Å²) in [5.74, 6) is -0.312. The number of carbonyl (C=O) groups excluding carboxylic acids is 2. The molecule has 9 nitrogen and oxygen atoms in total. The molecule has 3 aromatic rings. The highest BCUT2D eigenvalue weighted by Crippen LogP contribution is 2.33. The van der Waals surface area contributed by atoms with Crippen LogP contribution in [-0.2, 0) is 26.2 Å². The maximum absolute atomic E-state index is 14.2. The number of methoxy groups -OCH3 is 2. The van der Waals surface area contributed by atoms with E-state index in [4.69, 9.17) is 21.1 Å². The molecule has 0 fully saturated rings. The number of aryl methyl sites for hydroxylation is 2. The Labute approximate surface area is 259 Å². The van der Waals surface area contributed by atoms with Crippen molar-refractivity contribution in [2.24, 2.45) is 0 Å². The summed E-state index contributed by atoms with van der Waals surface area (Å²) in [4.78, 5) is 28.6. The van der Waals surface area contributed by atoms with Crippen molar-refractivity contribution in [1.29, 1.82) is 0 Å². The Bertz CT molecular complexity index is 1530. The first-order valence-electron chi connectivity index (χ1n) is 14.1. The molecule has 0 aromatic heterocycles. The minimum absolute atomic E-state index is 0.0119. The molecule has 43 heavy (non-hydrogen) atoms.